The number of non-ortho nitro benzene ring substituents is 2. The van der Waals surface area contributed by atoms with E-state index < -0.39 is 68.1 Å². The number of aromatic nitrogens is 2. The second-order valence-corrected chi connectivity index (χ2v) is 14.5. The Bertz CT molecular complexity index is 2870. The van der Waals surface area contributed by atoms with E-state index in [2.05, 4.69) is 5.16 Å². The number of esters is 2. The number of aryl methyl sites for hydroxylation is 1. The maximum atomic E-state index is 14.1. The van der Waals surface area contributed by atoms with E-state index in [1.165, 1.54) is 17.6 Å². The number of phenols is 1. The lowest BCUT2D eigenvalue weighted by molar-refractivity contribution is -0.393. The lowest BCUT2D eigenvalue weighted by Gasteiger charge is -2.35. The zero-order valence-electron chi connectivity index (χ0n) is 31.6. The second-order valence-electron chi connectivity index (χ2n) is 14.5. The molecule has 0 fully saturated rings. The molecule has 3 aliphatic rings. The molecule has 59 heavy (non-hydrogen) atoms. The number of aromatic hydroxyl groups is 1. The number of fused-ring (bicyclic) bond motifs is 8. The second kappa shape index (κ2) is 13.8. The Morgan fingerprint density at radius 1 is 1.00 bits per heavy atom. The van der Waals surface area contributed by atoms with Crippen molar-refractivity contribution in [3.8, 4) is 28.3 Å². The van der Waals surface area contributed by atoms with Crippen molar-refractivity contribution >= 4 is 45.6 Å². The van der Waals surface area contributed by atoms with Crippen LogP contribution in [0.1, 0.15) is 52.3 Å². The quantitative estimate of drug-likeness (QED) is 0.110. The molecule has 4 heterocycles. The highest BCUT2D eigenvalue weighted by molar-refractivity contribution is 6.26. The first-order valence-electron chi connectivity index (χ1n) is 18.0. The summed E-state index contributed by atoms with van der Waals surface area (Å²) in [4.78, 5) is 86.7. The predicted octanol–water partition coefficient (Wildman–Crippen LogP) is 4.88. The number of ether oxygens (including phenoxy) is 2. The molecule has 0 saturated heterocycles. The molecule has 0 radical (unpaired) electrons. The van der Waals surface area contributed by atoms with Gasteiger partial charge < -0.3 is 28.9 Å². The number of pyridine rings is 2. The summed E-state index contributed by atoms with van der Waals surface area (Å²) in [6.07, 6.45) is -0.176. The SMILES string of the molecule is CC[C@@]1(OC(=O)CO/N=C2\c3cc([N+](=O)[O-])cc(C)c3-c3c2cc([N+](=O)[O-])cc3[N+](=O)[O-])C(=O)OCc2c1cc1n(c2=O)Cc2cc3c(CN(C)C)c(O)ccc3nc2-1. The number of carbonyl (C=O) groups excluding carboxylic acids is 2. The Morgan fingerprint density at radius 2 is 1.69 bits per heavy atom. The van der Waals surface area contributed by atoms with E-state index in [4.69, 9.17) is 19.3 Å². The number of phenolic OH excluding ortho intramolecular Hbond substituents is 1. The lowest BCUT2D eigenvalue weighted by atomic mass is 9.85. The number of cyclic esters (lactones) is 1. The minimum absolute atomic E-state index is 0.0137. The van der Waals surface area contributed by atoms with Crippen LogP contribution in [0.4, 0.5) is 17.1 Å². The number of rotatable bonds is 10. The molecule has 2 aromatic heterocycles. The molecular weight excluding hydrogens is 774 g/mol. The molecule has 300 valence electrons. The maximum Gasteiger partial charge on any atom is 0.355 e. The van der Waals surface area contributed by atoms with Gasteiger partial charge in [0.25, 0.3) is 22.6 Å². The number of carbonyl (C=O) groups is 2. The number of oxime groups is 1. The number of nitro benzene ring substituents is 3. The van der Waals surface area contributed by atoms with Crippen LogP contribution in [0.3, 0.4) is 0 Å². The normalized spacial score (nSPS) is 16.6. The fourth-order valence-electron chi connectivity index (χ4n) is 8.06. The number of nitro groups is 3. The smallest absolute Gasteiger partial charge is 0.355 e. The van der Waals surface area contributed by atoms with Crippen LogP contribution in [-0.2, 0) is 49.2 Å². The topological polar surface area (TPSA) is 262 Å². The van der Waals surface area contributed by atoms with E-state index in [1.54, 1.807) is 25.1 Å². The first-order chi connectivity index (χ1) is 28.0. The van der Waals surface area contributed by atoms with Crippen LogP contribution in [-0.4, -0.2) is 72.7 Å². The summed E-state index contributed by atoms with van der Waals surface area (Å²) in [6, 6.07) is 10.7. The summed E-state index contributed by atoms with van der Waals surface area (Å²) in [5.41, 5.74) is -1.56. The summed E-state index contributed by atoms with van der Waals surface area (Å²) in [5.74, 6) is -2.01. The van der Waals surface area contributed by atoms with E-state index in [0.29, 0.717) is 40.0 Å². The minimum Gasteiger partial charge on any atom is -0.508 e. The number of nitrogens with zero attached hydrogens (tertiary/aromatic N) is 7. The van der Waals surface area contributed by atoms with Crippen LogP contribution in [0, 0.1) is 37.3 Å². The van der Waals surface area contributed by atoms with Crippen molar-refractivity contribution < 1.29 is 43.8 Å². The Kier molecular flexibility index (Phi) is 8.95. The summed E-state index contributed by atoms with van der Waals surface area (Å²) >= 11 is 0. The van der Waals surface area contributed by atoms with Crippen molar-refractivity contribution in [2.45, 2.75) is 45.6 Å². The standard InChI is InChI=1S/C39H31N7O13/c1-5-39(27-13-30-35-19(14-43(30)37(49)26(27)16-57-38(39)50)9-22-25(15-42(3)4)31(47)7-6-28(22)40-35)59-32(48)17-58-41-36-23-10-20(44(51)52)8-18(2)33(23)34-24(36)11-21(45(53)54)12-29(34)46(55)56/h6-13,47H,5,14-17H2,1-4H3/b41-36+/t39-/m0/s1. The van der Waals surface area contributed by atoms with Crippen LogP contribution >= 0.6 is 0 Å². The molecule has 20 heteroatoms. The Morgan fingerprint density at radius 3 is 2.36 bits per heavy atom. The molecule has 0 spiro atoms. The van der Waals surface area contributed by atoms with Gasteiger partial charge in [0.1, 0.15) is 18.1 Å². The minimum atomic E-state index is -2.12. The molecule has 0 unspecified atom stereocenters. The fourth-order valence-corrected chi connectivity index (χ4v) is 8.06. The van der Waals surface area contributed by atoms with Gasteiger partial charge in [0.2, 0.25) is 12.2 Å². The maximum absolute atomic E-state index is 14.1. The Labute approximate surface area is 331 Å². The average molecular weight is 806 g/mol. The summed E-state index contributed by atoms with van der Waals surface area (Å²) < 4.78 is 12.7. The van der Waals surface area contributed by atoms with Crippen molar-refractivity contribution in [1.29, 1.82) is 0 Å². The highest BCUT2D eigenvalue weighted by atomic mass is 16.7. The molecule has 0 bridgehead atoms. The van der Waals surface area contributed by atoms with Gasteiger partial charge in [-0.2, -0.15) is 0 Å². The van der Waals surface area contributed by atoms with Gasteiger partial charge >= 0.3 is 11.9 Å². The largest absolute Gasteiger partial charge is 0.508 e. The molecule has 1 atom stereocenters. The van der Waals surface area contributed by atoms with Crippen molar-refractivity contribution in [3.05, 3.63) is 128 Å². The molecule has 8 rings (SSSR count). The van der Waals surface area contributed by atoms with Crippen molar-refractivity contribution in [2.24, 2.45) is 5.16 Å². The Hall–Kier alpha value is -7.61. The highest BCUT2D eigenvalue weighted by Gasteiger charge is 2.50. The molecule has 1 aliphatic carbocycles. The van der Waals surface area contributed by atoms with Crippen LogP contribution in [0.15, 0.2) is 58.5 Å². The summed E-state index contributed by atoms with van der Waals surface area (Å²) in [6.45, 7) is 2.21. The van der Waals surface area contributed by atoms with Crippen LogP contribution in [0.25, 0.3) is 33.4 Å². The molecule has 0 saturated carbocycles. The third kappa shape index (κ3) is 5.99. The highest BCUT2D eigenvalue weighted by Crippen LogP contribution is 2.48. The summed E-state index contributed by atoms with van der Waals surface area (Å²) in [5, 5.41) is 51.0. The third-order valence-electron chi connectivity index (χ3n) is 10.6. The van der Waals surface area contributed by atoms with Crippen molar-refractivity contribution in [2.75, 3.05) is 20.7 Å². The van der Waals surface area contributed by atoms with Gasteiger partial charge in [-0.3, -0.25) is 35.1 Å². The molecular formula is C39H31N7O13. The van der Waals surface area contributed by atoms with Gasteiger partial charge in [0.15, 0.2) is 0 Å². The van der Waals surface area contributed by atoms with Crippen LogP contribution in [0.2, 0.25) is 0 Å². The van der Waals surface area contributed by atoms with Gasteiger partial charge in [0, 0.05) is 63.5 Å². The van der Waals surface area contributed by atoms with Gasteiger partial charge in [-0.05, 0) is 57.3 Å². The van der Waals surface area contributed by atoms with E-state index in [9.17, 15) is 49.8 Å². The number of benzene rings is 3. The number of hydrogen-bond donors (Lipinski definition) is 1. The molecule has 0 amide bonds. The van der Waals surface area contributed by atoms with E-state index in [0.717, 1.165) is 18.2 Å². The third-order valence-corrected chi connectivity index (χ3v) is 10.6. The van der Waals surface area contributed by atoms with Crippen molar-refractivity contribution in [3.63, 3.8) is 0 Å². The lowest BCUT2D eigenvalue weighted by Crippen LogP contribution is -2.48. The first-order valence-corrected chi connectivity index (χ1v) is 18.0. The molecule has 5 aromatic rings. The molecule has 2 aliphatic heterocycles. The van der Waals surface area contributed by atoms with Gasteiger partial charge in [0.05, 0.1) is 55.4 Å². The zero-order chi connectivity index (χ0) is 42.2. The summed E-state index contributed by atoms with van der Waals surface area (Å²) in [7, 11) is 3.73. The molecule has 3 aromatic carbocycles. The molecule has 1 N–H and O–H groups in total. The van der Waals surface area contributed by atoms with E-state index in [-0.39, 0.29) is 63.4 Å². The van der Waals surface area contributed by atoms with E-state index >= 15 is 0 Å². The van der Waals surface area contributed by atoms with Crippen molar-refractivity contribution in [1.82, 2.24) is 14.5 Å². The monoisotopic (exact) mass is 805 g/mol. The first kappa shape index (κ1) is 38.3. The van der Waals surface area contributed by atoms with Crippen LogP contribution < -0.4 is 5.56 Å². The fraction of sp³-hybridized carbons (Fsp3) is 0.256. The average Bonchev–Trinajstić information content (AvgIpc) is 3.71. The zero-order valence-corrected chi connectivity index (χ0v) is 31.6. The number of hydrogen-bond acceptors (Lipinski definition) is 16. The van der Waals surface area contributed by atoms with Gasteiger partial charge in [-0.25, -0.2) is 14.6 Å². The van der Waals surface area contributed by atoms with Crippen LogP contribution in [0.5, 0.6) is 5.75 Å². The Balaban J connectivity index is 1.15. The molecule has 20 nitrogen and oxygen atoms in total. The predicted molar refractivity (Wildman–Crippen MR) is 206 cm³/mol. The van der Waals surface area contributed by atoms with Gasteiger partial charge in [-0.15, -0.1) is 0 Å². The van der Waals surface area contributed by atoms with E-state index in [1.807, 2.05) is 25.1 Å². The van der Waals surface area contributed by atoms with Gasteiger partial charge in [-0.1, -0.05) is 12.1 Å².